The summed E-state index contributed by atoms with van der Waals surface area (Å²) >= 11 is 0. The Kier molecular flexibility index (Phi) is 2.54. The molecule has 1 unspecified atom stereocenters. The number of nitrogens with zero attached hydrogens (tertiary/aromatic N) is 3. The highest BCUT2D eigenvalue weighted by molar-refractivity contribution is 5.03. The van der Waals surface area contributed by atoms with Gasteiger partial charge >= 0.3 is 0 Å². The van der Waals surface area contributed by atoms with Crippen molar-refractivity contribution in [3.63, 3.8) is 0 Å². The predicted molar refractivity (Wildman–Crippen MR) is 59.5 cm³/mol. The van der Waals surface area contributed by atoms with Gasteiger partial charge in [-0.1, -0.05) is 20.8 Å². The summed E-state index contributed by atoms with van der Waals surface area (Å²) in [6.07, 6.45) is 3.09. The fourth-order valence-electron chi connectivity index (χ4n) is 1.86. The molecule has 2 N–H and O–H groups in total. The maximum Gasteiger partial charge on any atom is 0.134 e. The first-order valence-corrected chi connectivity index (χ1v) is 5.65. The largest absolute Gasteiger partial charge is 0.327 e. The van der Waals surface area contributed by atoms with Crippen molar-refractivity contribution in [2.24, 2.45) is 11.1 Å². The Morgan fingerprint density at radius 1 is 1.40 bits per heavy atom. The van der Waals surface area contributed by atoms with Crippen LogP contribution in [0, 0.1) is 5.41 Å². The van der Waals surface area contributed by atoms with Gasteiger partial charge in [0, 0.05) is 25.4 Å². The second-order valence-electron chi connectivity index (χ2n) is 5.46. The molecule has 2 rings (SSSR count). The zero-order valence-corrected chi connectivity index (χ0v) is 9.82. The van der Waals surface area contributed by atoms with Gasteiger partial charge in [-0.05, 0) is 11.8 Å². The molecule has 0 aromatic carbocycles. The molecule has 1 aliphatic heterocycles. The van der Waals surface area contributed by atoms with Crippen LogP contribution in [0.15, 0.2) is 0 Å². The molecule has 4 nitrogen and oxygen atoms in total. The smallest absolute Gasteiger partial charge is 0.134 e. The molecular formula is C11H20N4. The summed E-state index contributed by atoms with van der Waals surface area (Å²) < 4.78 is 2.23. The van der Waals surface area contributed by atoms with Crippen molar-refractivity contribution < 1.29 is 0 Å². The number of hydrogen-bond acceptors (Lipinski definition) is 3. The Labute approximate surface area is 90.9 Å². The Hall–Kier alpha value is -0.900. The minimum absolute atomic E-state index is 0.130. The Balaban J connectivity index is 2.12. The lowest BCUT2D eigenvalue weighted by Crippen LogP contribution is -2.37. The van der Waals surface area contributed by atoms with E-state index in [1.165, 1.54) is 6.42 Å². The molecule has 0 saturated heterocycles. The highest BCUT2D eigenvalue weighted by Gasteiger charge is 2.25. The van der Waals surface area contributed by atoms with Crippen molar-refractivity contribution in [2.75, 3.05) is 0 Å². The molecular weight excluding hydrogens is 188 g/mol. The van der Waals surface area contributed by atoms with Gasteiger partial charge in [-0.2, -0.15) is 0 Å². The highest BCUT2D eigenvalue weighted by Crippen LogP contribution is 2.22. The first kappa shape index (κ1) is 10.6. The van der Waals surface area contributed by atoms with E-state index in [0.717, 1.165) is 31.0 Å². The van der Waals surface area contributed by atoms with Gasteiger partial charge in [0.2, 0.25) is 0 Å². The molecule has 1 aliphatic rings. The summed E-state index contributed by atoms with van der Waals surface area (Å²) in [5.41, 5.74) is 6.28. The van der Waals surface area contributed by atoms with Crippen LogP contribution in [-0.4, -0.2) is 20.8 Å². The van der Waals surface area contributed by atoms with Crippen LogP contribution in [0.1, 0.15) is 38.8 Å². The molecule has 0 fully saturated rings. The molecule has 4 heteroatoms. The summed E-state index contributed by atoms with van der Waals surface area (Å²) in [6.45, 7) is 7.56. The van der Waals surface area contributed by atoms with E-state index in [9.17, 15) is 0 Å². The molecule has 15 heavy (non-hydrogen) atoms. The van der Waals surface area contributed by atoms with Crippen molar-refractivity contribution in [3.8, 4) is 0 Å². The number of fused-ring (bicyclic) bond motifs is 1. The minimum Gasteiger partial charge on any atom is -0.327 e. The minimum atomic E-state index is 0.130. The lowest BCUT2D eigenvalue weighted by atomic mass is 9.85. The normalized spacial score (nSPS) is 17.9. The van der Waals surface area contributed by atoms with E-state index in [1.54, 1.807) is 0 Å². The molecule has 0 saturated carbocycles. The van der Waals surface area contributed by atoms with E-state index >= 15 is 0 Å². The number of hydrogen-bond donors (Lipinski definition) is 1. The summed E-state index contributed by atoms with van der Waals surface area (Å²) in [4.78, 5) is 0. The van der Waals surface area contributed by atoms with Gasteiger partial charge in [0.05, 0.1) is 0 Å². The zero-order chi connectivity index (χ0) is 11.1. The molecule has 0 spiro atoms. The number of aryl methyl sites for hydroxylation is 1. The standard InChI is InChI=1S/C11H20N4/c1-11(2,3)8(12)7-10-14-13-9-5-4-6-15(9)10/h8H,4-7,12H2,1-3H3. The molecule has 0 bridgehead atoms. The molecule has 1 aromatic heterocycles. The Morgan fingerprint density at radius 3 is 2.80 bits per heavy atom. The van der Waals surface area contributed by atoms with E-state index in [0.29, 0.717) is 0 Å². The topological polar surface area (TPSA) is 56.7 Å². The van der Waals surface area contributed by atoms with Crippen LogP contribution in [-0.2, 0) is 19.4 Å². The van der Waals surface area contributed by atoms with E-state index in [1.807, 2.05) is 0 Å². The second kappa shape index (κ2) is 3.59. The quantitative estimate of drug-likeness (QED) is 0.793. The second-order valence-corrected chi connectivity index (χ2v) is 5.46. The third kappa shape index (κ3) is 2.04. The zero-order valence-electron chi connectivity index (χ0n) is 9.82. The molecule has 2 heterocycles. The highest BCUT2D eigenvalue weighted by atomic mass is 15.3. The van der Waals surface area contributed by atoms with Crippen molar-refractivity contribution in [1.29, 1.82) is 0 Å². The third-order valence-corrected chi connectivity index (χ3v) is 3.20. The van der Waals surface area contributed by atoms with Crippen molar-refractivity contribution in [2.45, 2.75) is 52.6 Å². The van der Waals surface area contributed by atoms with Gasteiger partial charge < -0.3 is 10.3 Å². The van der Waals surface area contributed by atoms with Crippen molar-refractivity contribution in [1.82, 2.24) is 14.8 Å². The lowest BCUT2D eigenvalue weighted by molar-refractivity contribution is 0.312. The lowest BCUT2D eigenvalue weighted by Gasteiger charge is -2.26. The molecule has 84 valence electrons. The number of aromatic nitrogens is 3. The van der Waals surface area contributed by atoms with Crippen LogP contribution in [0.5, 0.6) is 0 Å². The fraction of sp³-hybridized carbons (Fsp3) is 0.818. The van der Waals surface area contributed by atoms with Gasteiger partial charge in [-0.3, -0.25) is 0 Å². The van der Waals surface area contributed by atoms with E-state index in [-0.39, 0.29) is 11.5 Å². The Bertz CT molecular complexity index is 348. The molecule has 0 aliphatic carbocycles. The van der Waals surface area contributed by atoms with Crippen LogP contribution in [0.3, 0.4) is 0 Å². The summed E-state index contributed by atoms with van der Waals surface area (Å²) in [6, 6.07) is 0.145. The van der Waals surface area contributed by atoms with Crippen LogP contribution >= 0.6 is 0 Å². The fourth-order valence-corrected chi connectivity index (χ4v) is 1.86. The first-order chi connectivity index (χ1) is 6.98. The van der Waals surface area contributed by atoms with Crippen LogP contribution in [0.25, 0.3) is 0 Å². The molecule has 1 aromatic rings. The summed E-state index contributed by atoms with van der Waals surface area (Å²) in [7, 11) is 0. The first-order valence-electron chi connectivity index (χ1n) is 5.65. The van der Waals surface area contributed by atoms with Crippen LogP contribution < -0.4 is 5.73 Å². The SMILES string of the molecule is CC(C)(C)C(N)Cc1nnc2n1CCC2. The number of rotatable bonds is 2. The van der Waals surface area contributed by atoms with Gasteiger partial charge in [-0.25, -0.2) is 0 Å². The third-order valence-electron chi connectivity index (χ3n) is 3.20. The van der Waals surface area contributed by atoms with Gasteiger partial charge in [0.25, 0.3) is 0 Å². The van der Waals surface area contributed by atoms with Gasteiger partial charge in [0.15, 0.2) is 0 Å². The van der Waals surface area contributed by atoms with Crippen LogP contribution in [0.4, 0.5) is 0 Å². The number of nitrogens with two attached hydrogens (primary N) is 1. The predicted octanol–water partition coefficient (Wildman–Crippen LogP) is 1.14. The van der Waals surface area contributed by atoms with Gasteiger partial charge in [-0.15, -0.1) is 10.2 Å². The van der Waals surface area contributed by atoms with E-state index in [4.69, 9.17) is 5.73 Å². The Morgan fingerprint density at radius 2 is 2.13 bits per heavy atom. The van der Waals surface area contributed by atoms with Crippen LogP contribution in [0.2, 0.25) is 0 Å². The maximum absolute atomic E-state index is 6.15. The van der Waals surface area contributed by atoms with Crippen molar-refractivity contribution >= 4 is 0 Å². The maximum atomic E-state index is 6.15. The monoisotopic (exact) mass is 208 g/mol. The van der Waals surface area contributed by atoms with Crippen molar-refractivity contribution in [3.05, 3.63) is 11.6 Å². The van der Waals surface area contributed by atoms with E-state index in [2.05, 4.69) is 35.5 Å². The average molecular weight is 208 g/mol. The average Bonchev–Trinajstić information content (AvgIpc) is 2.67. The molecule has 0 radical (unpaired) electrons. The summed E-state index contributed by atoms with van der Waals surface area (Å²) in [5, 5.41) is 8.41. The van der Waals surface area contributed by atoms with E-state index < -0.39 is 0 Å². The molecule has 0 amide bonds. The van der Waals surface area contributed by atoms with Gasteiger partial charge in [0.1, 0.15) is 11.6 Å². The molecule has 1 atom stereocenters. The summed E-state index contributed by atoms with van der Waals surface area (Å²) in [5.74, 6) is 2.19.